The van der Waals surface area contributed by atoms with E-state index in [2.05, 4.69) is 29.7 Å². The van der Waals surface area contributed by atoms with Gasteiger partial charge in [-0.2, -0.15) is 5.23 Å². The molecule has 3 fully saturated rings. The number of hydrogen-bond acceptors (Lipinski definition) is 6. The monoisotopic (exact) mass is 441 g/mol. The zero-order valence-electron chi connectivity index (χ0n) is 19.1. The second-order valence-corrected chi connectivity index (χ2v) is 10.5. The van der Waals surface area contributed by atoms with Crippen molar-refractivity contribution in [3.8, 4) is 0 Å². The lowest BCUT2D eigenvalue weighted by Crippen LogP contribution is -2.99. The predicted molar refractivity (Wildman–Crippen MR) is 122 cm³/mol. The minimum Gasteiger partial charge on any atom is -0.595 e. The smallest absolute Gasteiger partial charge is 0.311 e. The molecule has 1 aromatic rings. The van der Waals surface area contributed by atoms with Gasteiger partial charge >= 0.3 is 5.97 Å². The summed E-state index contributed by atoms with van der Waals surface area (Å²) < 4.78 is 5.92. The third-order valence-corrected chi connectivity index (χ3v) is 8.39. The number of benzene rings is 1. The average molecular weight is 442 g/mol. The van der Waals surface area contributed by atoms with Gasteiger partial charge < -0.3 is 14.8 Å². The predicted octanol–water partition coefficient (Wildman–Crippen LogP) is 2.53. The van der Waals surface area contributed by atoms with Crippen LogP contribution in [0.4, 0.5) is 11.4 Å². The van der Waals surface area contributed by atoms with Crippen molar-refractivity contribution < 1.29 is 20.0 Å². The van der Waals surface area contributed by atoms with Gasteiger partial charge in [-0.3, -0.25) is 9.69 Å². The number of nitrogens with zero attached hydrogens (tertiary/aromatic N) is 2. The van der Waals surface area contributed by atoms with Gasteiger partial charge in [0, 0.05) is 56.5 Å². The molecule has 5 rings (SSSR count). The molecule has 7 nitrogen and oxygen atoms in total. The third kappa shape index (κ3) is 3.96. The van der Waals surface area contributed by atoms with Crippen molar-refractivity contribution >= 4 is 17.3 Å². The Hall–Kier alpha value is -1.93. The van der Waals surface area contributed by atoms with Gasteiger partial charge in [0.25, 0.3) is 0 Å². The van der Waals surface area contributed by atoms with Gasteiger partial charge in [-0.25, -0.2) is 5.21 Å². The number of rotatable bonds is 4. The van der Waals surface area contributed by atoms with E-state index < -0.39 is 5.23 Å². The van der Waals surface area contributed by atoms with Crippen LogP contribution in [0.3, 0.4) is 0 Å². The number of nitrogens with one attached hydrogen (secondary N) is 1. The van der Waals surface area contributed by atoms with Crippen LogP contribution in [0.25, 0.3) is 0 Å². The van der Waals surface area contributed by atoms with Crippen LogP contribution in [0.1, 0.15) is 39.5 Å². The van der Waals surface area contributed by atoms with Crippen molar-refractivity contribution in [2.24, 2.45) is 23.2 Å². The van der Waals surface area contributed by atoms with Crippen LogP contribution in [-0.4, -0.2) is 54.9 Å². The fourth-order valence-corrected chi connectivity index (χ4v) is 6.54. The van der Waals surface area contributed by atoms with Crippen molar-refractivity contribution in [1.29, 1.82) is 0 Å². The van der Waals surface area contributed by atoms with E-state index in [4.69, 9.17) is 9.94 Å². The first kappa shape index (κ1) is 21.9. The summed E-state index contributed by atoms with van der Waals surface area (Å²) in [5.74, 6) is 0.751. The summed E-state index contributed by atoms with van der Waals surface area (Å²) in [5, 5.41) is 19.3. The van der Waals surface area contributed by atoms with E-state index in [1.807, 2.05) is 12.1 Å². The summed E-state index contributed by atoms with van der Waals surface area (Å²) in [4.78, 5) is 17.5. The molecule has 4 aliphatic rings. The standard InChI is InChI=1S/C25H35N3O4/c1-17-4-3-9-25(2)15-23-20(14-22(17)25)21(24(29)32-23)16-26-10-12-27(13-11-26)18-5-7-19(8-6-18)28(30)31/h5-8,14,17,20-21,23,28,30H,3-4,9-13,15-16H2,1-2H3/t17-,20+,21-,23-,25+/m1/s1. The van der Waals surface area contributed by atoms with Crippen molar-refractivity contribution in [3.63, 3.8) is 0 Å². The van der Waals surface area contributed by atoms with Gasteiger partial charge in [0.2, 0.25) is 0 Å². The number of carbonyl (C=O) groups is 1. The summed E-state index contributed by atoms with van der Waals surface area (Å²) in [6, 6.07) is 7.09. The Kier molecular flexibility index (Phi) is 5.78. The largest absolute Gasteiger partial charge is 0.595 e. The fourth-order valence-electron chi connectivity index (χ4n) is 6.54. The molecule has 0 spiro atoms. The lowest BCUT2D eigenvalue weighted by atomic mass is 9.59. The SMILES string of the molecule is C[C@@H]1CCC[C@@]2(C)C[C@H]3OC(=O)[C@H](CN4CCN(c5ccc([NH+]([O-])O)cc5)CC4)[C@@H]3C=C12. The zero-order chi connectivity index (χ0) is 22.5. The quantitative estimate of drug-likeness (QED) is 0.425. The number of ether oxygens (including phenoxy) is 1. The molecule has 1 aromatic carbocycles. The number of carbonyl (C=O) groups excluding carboxylic acids is 1. The Labute approximate surface area is 190 Å². The number of allylic oxidation sites excluding steroid dienone is 1. The van der Waals surface area contributed by atoms with Gasteiger partial charge in [0.05, 0.1) is 5.92 Å². The Morgan fingerprint density at radius 1 is 1.22 bits per heavy atom. The lowest BCUT2D eigenvalue weighted by molar-refractivity contribution is -0.991. The van der Waals surface area contributed by atoms with Gasteiger partial charge in [0.1, 0.15) is 6.10 Å². The molecule has 0 bridgehead atoms. The maximum absolute atomic E-state index is 12.8. The van der Waals surface area contributed by atoms with Crippen LogP contribution in [0.15, 0.2) is 35.9 Å². The Morgan fingerprint density at radius 3 is 2.62 bits per heavy atom. The van der Waals surface area contributed by atoms with E-state index in [-0.39, 0.29) is 29.3 Å². The van der Waals surface area contributed by atoms with E-state index in [1.165, 1.54) is 19.3 Å². The Morgan fingerprint density at radius 2 is 1.94 bits per heavy atom. The number of quaternary nitrogens is 1. The van der Waals surface area contributed by atoms with Gasteiger partial charge in [-0.15, -0.1) is 0 Å². The number of esters is 1. The molecule has 2 saturated heterocycles. The molecule has 32 heavy (non-hydrogen) atoms. The second kappa shape index (κ2) is 8.45. The van der Waals surface area contributed by atoms with Crippen molar-refractivity contribution in [2.45, 2.75) is 45.6 Å². The first-order chi connectivity index (χ1) is 15.3. The molecule has 0 amide bonds. The highest BCUT2D eigenvalue weighted by Gasteiger charge is 2.52. The number of fused-ring (bicyclic) bond motifs is 2. The average Bonchev–Trinajstić information content (AvgIpc) is 3.06. The van der Waals surface area contributed by atoms with E-state index in [1.54, 1.807) is 17.7 Å². The third-order valence-electron chi connectivity index (χ3n) is 8.39. The minimum atomic E-state index is -0.899. The summed E-state index contributed by atoms with van der Waals surface area (Å²) >= 11 is 0. The number of anilines is 1. The molecule has 0 aromatic heterocycles. The van der Waals surface area contributed by atoms with Crippen LogP contribution in [-0.2, 0) is 9.53 Å². The van der Waals surface area contributed by atoms with Gasteiger partial charge in [0.15, 0.2) is 5.69 Å². The topological polar surface area (TPSA) is 80.5 Å². The summed E-state index contributed by atoms with van der Waals surface area (Å²) in [7, 11) is 0. The van der Waals surface area contributed by atoms with Crippen LogP contribution >= 0.6 is 0 Å². The normalized spacial score (nSPS) is 36.2. The van der Waals surface area contributed by atoms with Crippen LogP contribution in [0.2, 0.25) is 0 Å². The van der Waals surface area contributed by atoms with Gasteiger partial charge in [-0.1, -0.05) is 31.9 Å². The lowest BCUT2D eigenvalue weighted by Gasteiger charge is -2.46. The van der Waals surface area contributed by atoms with E-state index in [0.717, 1.165) is 44.8 Å². The molecular formula is C25H35N3O4. The molecule has 2 heterocycles. The Balaban J connectivity index is 1.23. The molecule has 7 heteroatoms. The molecule has 2 aliphatic heterocycles. The Bertz CT molecular complexity index is 878. The highest BCUT2D eigenvalue weighted by molar-refractivity contribution is 5.76. The van der Waals surface area contributed by atoms with Crippen LogP contribution in [0, 0.1) is 28.4 Å². The van der Waals surface area contributed by atoms with Crippen LogP contribution in [0.5, 0.6) is 0 Å². The highest BCUT2D eigenvalue weighted by atomic mass is 16.8. The van der Waals surface area contributed by atoms with Crippen LogP contribution < -0.4 is 10.1 Å². The molecule has 1 unspecified atom stereocenters. The molecule has 174 valence electrons. The molecule has 1 saturated carbocycles. The first-order valence-electron chi connectivity index (χ1n) is 12.1. The molecular weight excluding hydrogens is 406 g/mol. The zero-order valence-corrected chi connectivity index (χ0v) is 19.1. The van der Waals surface area contributed by atoms with Gasteiger partial charge in [-0.05, 0) is 42.7 Å². The van der Waals surface area contributed by atoms with E-state index >= 15 is 0 Å². The number of hydrogen-bond donors (Lipinski definition) is 2. The van der Waals surface area contributed by atoms with E-state index in [9.17, 15) is 10.0 Å². The van der Waals surface area contributed by atoms with Crippen molar-refractivity contribution in [2.75, 3.05) is 37.6 Å². The molecule has 2 aliphatic carbocycles. The molecule has 6 atom stereocenters. The second-order valence-electron chi connectivity index (χ2n) is 10.5. The minimum absolute atomic E-state index is 0.0153. The molecule has 0 radical (unpaired) electrons. The highest BCUT2D eigenvalue weighted by Crippen LogP contribution is 2.54. The number of piperazine rings is 1. The van der Waals surface area contributed by atoms with Crippen molar-refractivity contribution in [3.05, 3.63) is 41.1 Å². The summed E-state index contributed by atoms with van der Waals surface area (Å²) in [5.41, 5.74) is 3.14. The summed E-state index contributed by atoms with van der Waals surface area (Å²) in [6.45, 7) is 9.02. The fraction of sp³-hybridized carbons (Fsp3) is 0.640. The summed E-state index contributed by atoms with van der Waals surface area (Å²) in [6.07, 6.45) is 7.20. The maximum atomic E-state index is 12.8. The van der Waals surface area contributed by atoms with Crippen molar-refractivity contribution in [1.82, 2.24) is 4.90 Å². The molecule has 2 N–H and O–H groups in total. The first-order valence-corrected chi connectivity index (χ1v) is 12.1. The maximum Gasteiger partial charge on any atom is 0.311 e. The van der Waals surface area contributed by atoms with E-state index in [0.29, 0.717) is 11.6 Å².